The third-order valence-electron chi connectivity index (χ3n) is 9.60. The summed E-state index contributed by atoms with van der Waals surface area (Å²) in [6, 6.07) is 4.37. The highest BCUT2D eigenvalue weighted by Crippen LogP contribution is 2.48. The average Bonchev–Trinajstić information content (AvgIpc) is 3.14. The lowest BCUT2D eigenvalue weighted by Gasteiger charge is -2.42. The van der Waals surface area contributed by atoms with Crippen LogP contribution in [0.3, 0.4) is 0 Å². The largest absolute Gasteiger partial charge is 0.571 e. The number of fused-ring (bicyclic) bond motifs is 1. The summed E-state index contributed by atoms with van der Waals surface area (Å²) in [5.41, 5.74) is -0.0535. The van der Waals surface area contributed by atoms with Crippen molar-refractivity contribution in [1.82, 2.24) is 0 Å². The zero-order chi connectivity index (χ0) is 39.3. The maximum atomic E-state index is 11.0. The van der Waals surface area contributed by atoms with E-state index in [0.717, 1.165) is 18.2 Å². The molecule has 4 aliphatic heterocycles. The van der Waals surface area contributed by atoms with Crippen molar-refractivity contribution in [2.75, 3.05) is 13.2 Å². The van der Waals surface area contributed by atoms with E-state index in [1.165, 1.54) is 19.1 Å². The number of aliphatic hydroxyl groups excluding tert-OH is 10. The molecule has 300 valence electrons. The molecule has 0 spiro atoms. The second-order valence-corrected chi connectivity index (χ2v) is 13.3. The number of aliphatic hydroxyl groups is 11. The van der Waals surface area contributed by atoms with Gasteiger partial charge in [-0.15, -0.1) is 0 Å². The normalized spacial score (nSPS) is 39.6. The van der Waals surface area contributed by atoms with Crippen LogP contribution in [0.2, 0.25) is 0 Å². The molecule has 0 radical (unpaired) electrons. The topological polar surface area (TPSA) is 351 Å². The molecule has 0 aromatic heterocycles. The van der Waals surface area contributed by atoms with E-state index in [9.17, 15) is 71.5 Å². The highest BCUT2D eigenvalue weighted by atomic mass is 16.7. The highest BCUT2D eigenvalue weighted by molar-refractivity contribution is 5.69. The van der Waals surface area contributed by atoms with Crippen molar-refractivity contribution in [3.05, 3.63) is 41.2 Å². The number of ether oxygens (including phenoxy) is 7. The van der Waals surface area contributed by atoms with Crippen molar-refractivity contribution in [3.63, 3.8) is 0 Å². The van der Waals surface area contributed by atoms with Gasteiger partial charge in [0.05, 0.1) is 30.9 Å². The van der Waals surface area contributed by atoms with E-state index in [1.54, 1.807) is 0 Å². The molecule has 3 saturated heterocycles. The third-order valence-corrected chi connectivity index (χ3v) is 9.60. The van der Waals surface area contributed by atoms with Crippen LogP contribution in [-0.4, -0.2) is 182 Å². The first kappa shape index (κ1) is 39.9. The van der Waals surface area contributed by atoms with Crippen LogP contribution in [0.25, 0.3) is 6.08 Å². The van der Waals surface area contributed by atoms with Crippen LogP contribution < -0.4 is 4.74 Å². The molecule has 2 aromatic rings. The van der Waals surface area contributed by atoms with E-state index < -0.39 is 134 Å². The third kappa shape index (κ3) is 7.56. The monoisotopic (exact) mass is 775 g/mol. The predicted octanol–water partition coefficient (Wildman–Crippen LogP) is -4.31. The van der Waals surface area contributed by atoms with E-state index in [0.29, 0.717) is 0 Å². The molecule has 16 atom stereocenters. The van der Waals surface area contributed by atoms with Gasteiger partial charge in [0.1, 0.15) is 84.2 Å². The van der Waals surface area contributed by atoms with Gasteiger partial charge in [-0.25, -0.2) is 0 Å². The Morgan fingerprint density at radius 2 is 1.17 bits per heavy atom. The SMILES string of the molecule is C[C@@H]1O[C@@H](OC[C@H]2O[C@@H](OC3=Cc4c(O)cc(O[C@@H]5O[C@H](CO)[C@@H](O)[C@H](O)[C@@H]5O)cc4[OH+]C3c3cc(O)c(O)c(O)c3)[C@H](O)[C@@H](O)[C@@H]2O)[C@H](O)[C@@H](O)[C@H]1O. The fraction of sp³-hybridized carbons (Fsp3) is 0.576. The number of hydrogen-bond donors (Lipinski definition) is 14. The molecule has 21 heteroatoms. The second-order valence-electron chi connectivity index (χ2n) is 13.3. The molecule has 2 aromatic carbocycles. The minimum Gasteiger partial charge on any atom is -0.571 e. The summed E-state index contributed by atoms with van der Waals surface area (Å²) in [6.45, 7) is 0.0885. The summed E-state index contributed by atoms with van der Waals surface area (Å²) in [5.74, 6) is -3.35. The Bertz CT molecular complexity index is 1650. The van der Waals surface area contributed by atoms with Gasteiger partial charge in [0.25, 0.3) is 11.9 Å². The molecule has 3 fully saturated rings. The van der Waals surface area contributed by atoms with Gasteiger partial charge >= 0.3 is 0 Å². The number of benzene rings is 2. The number of phenolic OH excluding ortho intramolecular Hbond substituents is 4. The smallest absolute Gasteiger partial charge is 0.270 e. The first-order valence-corrected chi connectivity index (χ1v) is 16.7. The zero-order valence-corrected chi connectivity index (χ0v) is 28.2. The van der Waals surface area contributed by atoms with Gasteiger partial charge in [0.2, 0.25) is 12.6 Å². The van der Waals surface area contributed by atoms with Crippen molar-refractivity contribution < 1.29 is 105 Å². The molecule has 21 nitrogen and oxygen atoms in total. The molecule has 6 rings (SSSR count). The molecule has 15 N–H and O–H groups in total. The van der Waals surface area contributed by atoms with Crippen LogP contribution in [0.15, 0.2) is 30.0 Å². The molecule has 4 aliphatic rings. The Hall–Kier alpha value is -3.78. The molecule has 0 aliphatic carbocycles. The Morgan fingerprint density at radius 3 is 1.80 bits per heavy atom. The Labute approximate surface area is 304 Å². The van der Waals surface area contributed by atoms with E-state index >= 15 is 0 Å². The number of hydrogen-bond acceptors (Lipinski definition) is 20. The van der Waals surface area contributed by atoms with Crippen molar-refractivity contribution >= 4 is 6.08 Å². The van der Waals surface area contributed by atoms with E-state index in [2.05, 4.69) is 4.74 Å². The fourth-order valence-electron chi connectivity index (χ4n) is 6.39. The average molecular weight is 776 g/mol. The van der Waals surface area contributed by atoms with Crippen LogP contribution in [-0.2, 0) is 23.7 Å². The van der Waals surface area contributed by atoms with Gasteiger partial charge in [-0.1, -0.05) is 0 Å². The Kier molecular flexibility index (Phi) is 11.6. The van der Waals surface area contributed by atoms with E-state index in [4.69, 9.17) is 28.4 Å². The highest BCUT2D eigenvalue weighted by Gasteiger charge is 2.49. The second kappa shape index (κ2) is 15.8. The lowest BCUT2D eigenvalue weighted by atomic mass is 9.98. The van der Waals surface area contributed by atoms with Crippen molar-refractivity contribution in [3.8, 4) is 34.5 Å². The summed E-state index contributed by atoms with van der Waals surface area (Å²) < 4.78 is 38.2. The molecule has 54 heavy (non-hydrogen) atoms. The van der Waals surface area contributed by atoms with Crippen LogP contribution in [0.1, 0.15) is 24.2 Å². The lowest BCUT2D eigenvalue weighted by Crippen LogP contribution is -2.61. The summed E-state index contributed by atoms with van der Waals surface area (Å²) >= 11 is 0. The number of phenols is 4. The maximum Gasteiger partial charge on any atom is 0.270 e. The molecular weight excluding hydrogens is 732 g/mol. The van der Waals surface area contributed by atoms with Crippen LogP contribution in [0.5, 0.6) is 34.5 Å². The van der Waals surface area contributed by atoms with Gasteiger partial charge in [-0.05, 0) is 19.1 Å². The van der Waals surface area contributed by atoms with Crippen molar-refractivity contribution in [2.45, 2.75) is 105 Å². The molecule has 0 amide bonds. The molecule has 0 saturated carbocycles. The standard InChI is InChI=1S/C33H42O21/c1-9-20(38)24(42)27(45)31(49-9)48-8-19-23(41)26(44)29(47)33(54-19)52-17-6-12-13(35)4-11(50-32-28(46)25(43)22(40)18(7-34)53-32)5-16(12)51-30(17)10-2-14(36)21(39)15(37)3-10/h2-6,9,18-20,22-47H,7-8H2,1H3/p+1/t9-,18+,19+,20-,22+,23+,24-,25-,26-,27+,28-,29+,30?,31+,32+,33+/m0/s1. The molecule has 4 heterocycles. The summed E-state index contributed by atoms with van der Waals surface area (Å²) in [4.78, 5) is 0. The summed E-state index contributed by atoms with van der Waals surface area (Å²) in [6.07, 6.45) is -24.4. The summed E-state index contributed by atoms with van der Waals surface area (Å²) in [7, 11) is 0. The molecule has 1 unspecified atom stereocenters. The Balaban J connectivity index is 1.28. The van der Waals surface area contributed by atoms with Crippen LogP contribution in [0, 0.1) is 0 Å². The first-order chi connectivity index (χ1) is 25.5. The van der Waals surface area contributed by atoms with E-state index in [-0.39, 0.29) is 28.4 Å². The minimum absolute atomic E-state index is 0.0245. The van der Waals surface area contributed by atoms with Gasteiger partial charge in [-0.3, -0.25) is 0 Å². The maximum absolute atomic E-state index is 11.0. The predicted molar refractivity (Wildman–Crippen MR) is 172 cm³/mol. The number of rotatable bonds is 9. The first-order valence-electron chi connectivity index (χ1n) is 16.7. The van der Waals surface area contributed by atoms with Gasteiger partial charge < -0.3 is 105 Å². The quantitative estimate of drug-likeness (QED) is 0.0846. The number of aromatic hydroxyl groups is 5. The van der Waals surface area contributed by atoms with E-state index in [1.807, 2.05) is 0 Å². The summed E-state index contributed by atoms with van der Waals surface area (Å²) in [5, 5.41) is 145. The lowest BCUT2D eigenvalue weighted by molar-refractivity contribution is -0.325. The zero-order valence-electron chi connectivity index (χ0n) is 28.2. The van der Waals surface area contributed by atoms with Gasteiger partial charge in [0.15, 0.2) is 29.3 Å². The van der Waals surface area contributed by atoms with Crippen molar-refractivity contribution in [2.24, 2.45) is 0 Å². The van der Waals surface area contributed by atoms with Gasteiger partial charge in [0, 0.05) is 12.1 Å². The molecular formula is C33H43O21+. The molecule has 0 bridgehead atoms. The van der Waals surface area contributed by atoms with Crippen LogP contribution in [0.4, 0.5) is 0 Å². The Morgan fingerprint density at radius 1 is 0.611 bits per heavy atom. The minimum atomic E-state index is -1.93. The van der Waals surface area contributed by atoms with Crippen molar-refractivity contribution in [1.29, 1.82) is 0 Å². The fourth-order valence-corrected chi connectivity index (χ4v) is 6.39. The van der Waals surface area contributed by atoms with Gasteiger partial charge in [-0.2, -0.15) is 0 Å². The van der Waals surface area contributed by atoms with Crippen LogP contribution >= 0.6 is 0 Å².